The second-order valence-electron chi connectivity index (χ2n) is 8.20. The zero-order valence-electron chi connectivity index (χ0n) is 18.7. The highest BCUT2D eigenvalue weighted by Gasteiger charge is 2.37. The molecule has 1 atom stereocenters. The Kier molecular flexibility index (Phi) is 7.25. The fourth-order valence-electron chi connectivity index (χ4n) is 4.23. The maximum atomic E-state index is 13.2. The number of ether oxygens (including phenoxy) is 3. The lowest BCUT2D eigenvalue weighted by Crippen LogP contribution is -2.56. The number of hydrogen-bond acceptors (Lipinski definition) is 7. The van der Waals surface area contributed by atoms with Gasteiger partial charge in [0.15, 0.2) is 11.5 Å². The number of amides is 2. The Balaban J connectivity index is 1.30. The Morgan fingerprint density at radius 2 is 1.85 bits per heavy atom. The number of piperidine rings is 1. The maximum Gasteiger partial charge on any atom is 0.409 e. The molecule has 33 heavy (non-hydrogen) atoms. The number of carbonyl (C=O) groups is 2. The van der Waals surface area contributed by atoms with Crippen LogP contribution in [0.15, 0.2) is 18.2 Å². The summed E-state index contributed by atoms with van der Waals surface area (Å²) in [5, 5.41) is 2.91. The molecule has 3 heterocycles. The van der Waals surface area contributed by atoms with Crippen LogP contribution < -0.4 is 14.8 Å². The van der Waals surface area contributed by atoms with Gasteiger partial charge in [-0.2, -0.15) is 17.0 Å². The minimum absolute atomic E-state index is 0.146. The van der Waals surface area contributed by atoms with Crippen molar-refractivity contribution in [3.63, 3.8) is 0 Å². The smallest absolute Gasteiger partial charge is 0.409 e. The molecular formula is C21H30N4O7S. The first-order valence-corrected chi connectivity index (χ1v) is 12.6. The van der Waals surface area contributed by atoms with Crippen LogP contribution in [0.3, 0.4) is 0 Å². The Bertz CT molecular complexity index is 979. The molecule has 4 rings (SSSR count). The second-order valence-corrected chi connectivity index (χ2v) is 10.1. The lowest BCUT2D eigenvalue weighted by Gasteiger charge is -2.38. The lowest BCUT2D eigenvalue weighted by molar-refractivity contribution is -0.126. The third-order valence-electron chi connectivity index (χ3n) is 6.08. The molecule has 2 saturated heterocycles. The molecule has 0 aliphatic carbocycles. The maximum absolute atomic E-state index is 13.2. The van der Waals surface area contributed by atoms with E-state index in [9.17, 15) is 18.0 Å². The van der Waals surface area contributed by atoms with E-state index >= 15 is 0 Å². The van der Waals surface area contributed by atoms with Gasteiger partial charge in [-0.1, -0.05) is 6.07 Å². The molecule has 182 valence electrons. The van der Waals surface area contributed by atoms with Crippen molar-refractivity contribution in [1.29, 1.82) is 0 Å². The fourth-order valence-corrected chi connectivity index (χ4v) is 5.91. The predicted molar refractivity (Wildman–Crippen MR) is 118 cm³/mol. The number of rotatable bonds is 6. The molecule has 0 unspecified atom stereocenters. The van der Waals surface area contributed by atoms with Crippen LogP contribution in [0.2, 0.25) is 0 Å². The highest BCUT2D eigenvalue weighted by atomic mass is 32.2. The summed E-state index contributed by atoms with van der Waals surface area (Å²) in [6.45, 7) is 4.04. The van der Waals surface area contributed by atoms with E-state index in [0.29, 0.717) is 37.4 Å². The van der Waals surface area contributed by atoms with Gasteiger partial charge in [0.25, 0.3) is 10.2 Å². The van der Waals surface area contributed by atoms with Crippen LogP contribution in [0.4, 0.5) is 4.79 Å². The van der Waals surface area contributed by atoms with Crippen molar-refractivity contribution < 1.29 is 32.2 Å². The topological polar surface area (TPSA) is 118 Å². The summed E-state index contributed by atoms with van der Waals surface area (Å²) in [4.78, 5) is 26.1. The summed E-state index contributed by atoms with van der Waals surface area (Å²) in [6, 6.07) is 5.50. The zero-order valence-corrected chi connectivity index (χ0v) is 19.5. The quantitative estimate of drug-likeness (QED) is 0.636. The SMILES string of the molecule is CCOC(=O)N1CCN(S(=O)(=O)N2CCC[C@H](C(=O)NCc3ccc4c(c3)OCO4)C2)CC1. The molecule has 0 aromatic heterocycles. The molecule has 0 radical (unpaired) electrons. The normalized spacial score (nSPS) is 21.6. The highest BCUT2D eigenvalue weighted by Crippen LogP contribution is 2.32. The summed E-state index contributed by atoms with van der Waals surface area (Å²) in [7, 11) is -3.71. The molecule has 0 spiro atoms. The largest absolute Gasteiger partial charge is 0.454 e. The minimum Gasteiger partial charge on any atom is -0.454 e. The standard InChI is InChI=1S/C21H30N4O7S/c1-2-30-21(27)23-8-10-24(11-9-23)33(28,29)25-7-3-4-17(14-25)20(26)22-13-16-5-6-18-19(12-16)32-15-31-18/h5-6,12,17H,2-4,7-11,13-15H2,1H3,(H,22,26)/t17-/m0/s1. The van der Waals surface area contributed by atoms with Crippen LogP contribution in [-0.4, -0.2) is 86.6 Å². The van der Waals surface area contributed by atoms with Gasteiger partial charge in [-0.3, -0.25) is 4.79 Å². The van der Waals surface area contributed by atoms with E-state index in [-0.39, 0.29) is 52.0 Å². The van der Waals surface area contributed by atoms with Gasteiger partial charge in [0.2, 0.25) is 12.7 Å². The molecule has 11 nitrogen and oxygen atoms in total. The second kappa shape index (κ2) is 10.1. The van der Waals surface area contributed by atoms with Gasteiger partial charge in [0.05, 0.1) is 12.5 Å². The molecule has 2 amide bonds. The van der Waals surface area contributed by atoms with Crippen molar-refractivity contribution in [2.75, 3.05) is 52.7 Å². The van der Waals surface area contributed by atoms with Gasteiger partial charge in [-0.15, -0.1) is 0 Å². The van der Waals surface area contributed by atoms with Gasteiger partial charge in [-0.25, -0.2) is 4.79 Å². The third-order valence-corrected chi connectivity index (χ3v) is 8.08. The van der Waals surface area contributed by atoms with E-state index in [1.165, 1.54) is 13.5 Å². The fraction of sp³-hybridized carbons (Fsp3) is 0.619. The average Bonchev–Trinajstić information content (AvgIpc) is 3.31. The van der Waals surface area contributed by atoms with E-state index in [4.69, 9.17) is 14.2 Å². The lowest BCUT2D eigenvalue weighted by atomic mass is 9.98. The van der Waals surface area contributed by atoms with Crippen LogP contribution in [-0.2, 0) is 26.3 Å². The van der Waals surface area contributed by atoms with Crippen LogP contribution in [0.25, 0.3) is 0 Å². The molecule has 3 aliphatic rings. The van der Waals surface area contributed by atoms with Crippen molar-refractivity contribution >= 4 is 22.2 Å². The first kappa shape index (κ1) is 23.6. The van der Waals surface area contributed by atoms with E-state index in [2.05, 4.69) is 5.32 Å². The number of piperazine rings is 1. The van der Waals surface area contributed by atoms with Crippen molar-refractivity contribution in [1.82, 2.24) is 18.8 Å². The van der Waals surface area contributed by atoms with Crippen LogP contribution in [0, 0.1) is 5.92 Å². The summed E-state index contributed by atoms with van der Waals surface area (Å²) in [5.41, 5.74) is 0.882. The minimum atomic E-state index is -3.71. The van der Waals surface area contributed by atoms with E-state index < -0.39 is 22.2 Å². The number of nitrogens with zero attached hydrogens (tertiary/aromatic N) is 3. The third kappa shape index (κ3) is 5.33. The first-order valence-electron chi connectivity index (χ1n) is 11.2. The van der Waals surface area contributed by atoms with Gasteiger partial charge < -0.3 is 24.4 Å². The number of hydrogen-bond donors (Lipinski definition) is 1. The van der Waals surface area contributed by atoms with Crippen LogP contribution in [0.1, 0.15) is 25.3 Å². The number of carbonyl (C=O) groups excluding carboxylic acids is 2. The molecule has 0 bridgehead atoms. The summed E-state index contributed by atoms with van der Waals surface area (Å²) < 4.78 is 44.7. The number of benzene rings is 1. The van der Waals surface area contributed by atoms with E-state index in [1.54, 1.807) is 13.0 Å². The van der Waals surface area contributed by atoms with Crippen LogP contribution in [0.5, 0.6) is 11.5 Å². The van der Waals surface area contributed by atoms with Crippen molar-refractivity contribution in [3.05, 3.63) is 23.8 Å². The van der Waals surface area contributed by atoms with Gasteiger partial charge >= 0.3 is 6.09 Å². The molecule has 2 fully saturated rings. The van der Waals surface area contributed by atoms with Crippen molar-refractivity contribution in [2.24, 2.45) is 5.92 Å². The molecule has 12 heteroatoms. The molecule has 1 aromatic carbocycles. The van der Waals surface area contributed by atoms with Crippen molar-refractivity contribution in [2.45, 2.75) is 26.3 Å². The predicted octanol–water partition coefficient (Wildman–Crippen LogP) is 0.762. The Morgan fingerprint density at radius 1 is 1.09 bits per heavy atom. The Labute approximate surface area is 193 Å². The van der Waals surface area contributed by atoms with Crippen molar-refractivity contribution in [3.8, 4) is 11.5 Å². The van der Waals surface area contributed by atoms with Crippen LogP contribution >= 0.6 is 0 Å². The van der Waals surface area contributed by atoms with Gasteiger partial charge in [0.1, 0.15) is 0 Å². The highest BCUT2D eigenvalue weighted by molar-refractivity contribution is 7.86. The van der Waals surface area contributed by atoms with Gasteiger partial charge in [-0.05, 0) is 37.5 Å². The van der Waals surface area contributed by atoms with Gasteiger partial charge in [0, 0.05) is 45.8 Å². The zero-order chi connectivity index (χ0) is 23.4. The summed E-state index contributed by atoms with van der Waals surface area (Å²) in [5.74, 6) is 0.754. The van der Waals surface area contributed by atoms with E-state index in [0.717, 1.165) is 5.56 Å². The average molecular weight is 483 g/mol. The molecule has 0 saturated carbocycles. The first-order chi connectivity index (χ1) is 15.9. The Hall–Kier alpha value is -2.57. The molecule has 1 N–H and O–H groups in total. The number of fused-ring (bicyclic) bond motifs is 1. The number of nitrogens with one attached hydrogen (secondary N) is 1. The molecule has 3 aliphatic heterocycles. The Morgan fingerprint density at radius 3 is 2.61 bits per heavy atom. The summed E-state index contributed by atoms with van der Waals surface area (Å²) >= 11 is 0. The summed E-state index contributed by atoms with van der Waals surface area (Å²) in [6.07, 6.45) is 0.825. The van der Waals surface area contributed by atoms with E-state index in [1.807, 2.05) is 12.1 Å². The molecule has 1 aromatic rings. The molecular weight excluding hydrogens is 452 g/mol. The monoisotopic (exact) mass is 482 g/mol.